The van der Waals surface area contributed by atoms with E-state index in [0.29, 0.717) is 5.25 Å². The molecular formula is C15H24N4S. The minimum Gasteiger partial charge on any atom is -0.331 e. The third kappa shape index (κ3) is 3.53. The molecule has 110 valence electrons. The van der Waals surface area contributed by atoms with Crippen molar-refractivity contribution in [3.63, 3.8) is 0 Å². The lowest BCUT2D eigenvalue weighted by atomic mass is 10.2. The smallest absolute Gasteiger partial charge is 0.111 e. The highest BCUT2D eigenvalue weighted by molar-refractivity contribution is 7.99. The number of hydrogen-bond donors (Lipinski definition) is 2. The van der Waals surface area contributed by atoms with Crippen LogP contribution in [0.2, 0.25) is 0 Å². The van der Waals surface area contributed by atoms with Gasteiger partial charge in [0.05, 0.1) is 11.0 Å². The largest absolute Gasteiger partial charge is 0.331 e. The summed E-state index contributed by atoms with van der Waals surface area (Å²) in [7, 11) is 2.07. The zero-order valence-corrected chi connectivity index (χ0v) is 13.3. The van der Waals surface area contributed by atoms with Crippen molar-refractivity contribution in [2.75, 3.05) is 5.75 Å². The molecule has 0 saturated carbocycles. The Balaban J connectivity index is 2.07. The predicted molar refractivity (Wildman–Crippen MR) is 87.7 cm³/mol. The molecule has 2 aromatic rings. The van der Waals surface area contributed by atoms with Crippen LogP contribution in [0.1, 0.15) is 26.1 Å². The molecule has 3 N–H and O–H groups in total. The first kappa shape index (κ1) is 15.4. The predicted octanol–water partition coefficient (Wildman–Crippen LogP) is 2.48. The van der Waals surface area contributed by atoms with Crippen LogP contribution in [-0.4, -0.2) is 26.6 Å². The van der Waals surface area contributed by atoms with Gasteiger partial charge < -0.3 is 4.57 Å². The van der Waals surface area contributed by atoms with E-state index in [1.54, 1.807) is 0 Å². The van der Waals surface area contributed by atoms with Crippen LogP contribution < -0.4 is 11.3 Å². The van der Waals surface area contributed by atoms with Crippen molar-refractivity contribution in [2.45, 2.75) is 38.0 Å². The minimum absolute atomic E-state index is 0.254. The van der Waals surface area contributed by atoms with Crippen LogP contribution in [0.25, 0.3) is 11.0 Å². The van der Waals surface area contributed by atoms with Gasteiger partial charge in [-0.25, -0.2) is 4.98 Å². The summed E-state index contributed by atoms with van der Waals surface area (Å²) in [4.78, 5) is 4.71. The van der Waals surface area contributed by atoms with E-state index in [9.17, 15) is 0 Å². The molecule has 0 radical (unpaired) electrons. The maximum atomic E-state index is 5.69. The lowest BCUT2D eigenvalue weighted by Gasteiger charge is -2.17. The number of hydrogen-bond acceptors (Lipinski definition) is 4. The van der Waals surface area contributed by atoms with E-state index in [1.165, 1.54) is 11.9 Å². The summed E-state index contributed by atoms with van der Waals surface area (Å²) < 4.78 is 2.16. The zero-order valence-electron chi connectivity index (χ0n) is 12.5. The van der Waals surface area contributed by atoms with Gasteiger partial charge >= 0.3 is 0 Å². The van der Waals surface area contributed by atoms with E-state index in [2.05, 4.69) is 43.0 Å². The number of fused-ring (bicyclic) bond motifs is 1. The van der Waals surface area contributed by atoms with Gasteiger partial charge in [-0.15, -0.1) is 0 Å². The van der Waals surface area contributed by atoms with Crippen molar-refractivity contribution < 1.29 is 0 Å². The Labute approximate surface area is 125 Å². The monoisotopic (exact) mass is 292 g/mol. The van der Waals surface area contributed by atoms with Crippen molar-refractivity contribution in [1.82, 2.24) is 15.0 Å². The number of hydrazine groups is 1. The molecule has 0 amide bonds. The van der Waals surface area contributed by atoms with E-state index < -0.39 is 0 Å². The van der Waals surface area contributed by atoms with Gasteiger partial charge in [0.1, 0.15) is 5.82 Å². The summed E-state index contributed by atoms with van der Waals surface area (Å²) >= 11 is 1.96. The number of nitrogens with zero attached hydrogens (tertiary/aromatic N) is 2. The maximum Gasteiger partial charge on any atom is 0.111 e. The fourth-order valence-electron chi connectivity index (χ4n) is 2.16. The van der Waals surface area contributed by atoms with Crippen LogP contribution >= 0.6 is 11.8 Å². The number of para-hydroxylation sites is 2. The number of aromatic nitrogens is 2. The molecule has 0 fully saturated rings. The first-order valence-electron chi connectivity index (χ1n) is 7.13. The zero-order chi connectivity index (χ0) is 14.5. The topological polar surface area (TPSA) is 55.9 Å². The summed E-state index contributed by atoms with van der Waals surface area (Å²) in [6, 6.07) is 8.48. The molecule has 1 aromatic heterocycles. The Hall–Kier alpha value is -1.04. The SMILES string of the molecule is CCC(C)SCC(Cc1nc2ccccc2n1C)NN. The second kappa shape index (κ2) is 7.11. The van der Waals surface area contributed by atoms with Crippen LogP contribution in [0.15, 0.2) is 24.3 Å². The number of nitrogens with two attached hydrogens (primary N) is 1. The highest BCUT2D eigenvalue weighted by Crippen LogP contribution is 2.18. The number of nitrogens with one attached hydrogen (secondary N) is 1. The summed E-state index contributed by atoms with van der Waals surface area (Å²) in [5.74, 6) is 7.78. The highest BCUT2D eigenvalue weighted by Gasteiger charge is 2.14. The average Bonchev–Trinajstić information content (AvgIpc) is 2.79. The first-order valence-corrected chi connectivity index (χ1v) is 8.18. The lowest BCUT2D eigenvalue weighted by Crippen LogP contribution is -2.39. The molecule has 0 saturated heterocycles. The maximum absolute atomic E-state index is 5.69. The molecule has 1 heterocycles. The molecule has 2 atom stereocenters. The van der Waals surface area contributed by atoms with Crippen LogP contribution in [0.4, 0.5) is 0 Å². The van der Waals surface area contributed by atoms with Gasteiger partial charge in [-0.3, -0.25) is 11.3 Å². The van der Waals surface area contributed by atoms with Gasteiger partial charge in [-0.05, 0) is 18.6 Å². The van der Waals surface area contributed by atoms with Crippen LogP contribution in [0, 0.1) is 0 Å². The molecule has 20 heavy (non-hydrogen) atoms. The second-order valence-electron chi connectivity index (χ2n) is 5.20. The second-order valence-corrected chi connectivity index (χ2v) is 6.67. The minimum atomic E-state index is 0.254. The fraction of sp³-hybridized carbons (Fsp3) is 0.533. The highest BCUT2D eigenvalue weighted by atomic mass is 32.2. The van der Waals surface area contributed by atoms with Crippen molar-refractivity contribution in [3.8, 4) is 0 Å². The Morgan fingerprint density at radius 1 is 1.40 bits per heavy atom. The number of benzene rings is 1. The van der Waals surface area contributed by atoms with Gasteiger partial charge in [0.25, 0.3) is 0 Å². The van der Waals surface area contributed by atoms with E-state index in [4.69, 9.17) is 10.8 Å². The van der Waals surface area contributed by atoms with Crippen molar-refractivity contribution in [2.24, 2.45) is 12.9 Å². The number of thioether (sulfide) groups is 1. The summed E-state index contributed by atoms with van der Waals surface area (Å²) in [6.45, 7) is 4.47. The van der Waals surface area contributed by atoms with E-state index >= 15 is 0 Å². The first-order chi connectivity index (χ1) is 9.65. The lowest BCUT2D eigenvalue weighted by molar-refractivity contribution is 0.553. The summed E-state index contributed by atoms with van der Waals surface area (Å²) in [6.07, 6.45) is 2.04. The Morgan fingerprint density at radius 3 is 2.80 bits per heavy atom. The fourth-order valence-corrected chi connectivity index (χ4v) is 3.17. The van der Waals surface area contributed by atoms with E-state index in [1.807, 2.05) is 23.9 Å². The summed E-state index contributed by atoms with van der Waals surface area (Å²) in [5.41, 5.74) is 5.15. The third-order valence-corrected chi connectivity index (χ3v) is 5.20. The van der Waals surface area contributed by atoms with E-state index in [-0.39, 0.29) is 6.04 Å². The van der Waals surface area contributed by atoms with Crippen molar-refractivity contribution >= 4 is 22.8 Å². The number of aryl methyl sites for hydroxylation is 1. The third-order valence-electron chi connectivity index (χ3n) is 3.70. The molecule has 5 heteroatoms. The van der Waals surface area contributed by atoms with Gasteiger partial charge in [0, 0.05) is 30.5 Å². The number of imidazole rings is 1. The normalized spacial score (nSPS) is 14.6. The van der Waals surface area contributed by atoms with Gasteiger partial charge in [-0.1, -0.05) is 26.0 Å². The molecule has 0 spiro atoms. The standard InChI is InChI=1S/C15H24N4S/c1-4-11(2)20-10-12(18-16)9-15-17-13-7-5-6-8-14(13)19(15)3/h5-8,11-12,18H,4,9-10,16H2,1-3H3. The Morgan fingerprint density at radius 2 is 2.15 bits per heavy atom. The molecule has 0 aliphatic rings. The van der Waals surface area contributed by atoms with Crippen molar-refractivity contribution in [3.05, 3.63) is 30.1 Å². The quantitative estimate of drug-likeness (QED) is 0.608. The number of rotatable bonds is 7. The molecular weight excluding hydrogens is 268 g/mol. The molecule has 2 rings (SSSR count). The van der Waals surface area contributed by atoms with Crippen LogP contribution in [0.5, 0.6) is 0 Å². The molecule has 0 bridgehead atoms. The van der Waals surface area contributed by atoms with Gasteiger partial charge in [-0.2, -0.15) is 11.8 Å². The molecule has 4 nitrogen and oxygen atoms in total. The van der Waals surface area contributed by atoms with Crippen molar-refractivity contribution in [1.29, 1.82) is 0 Å². The molecule has 0 aliphatic carbocycles. The molecule has 2 unspecified atom stereocenters. The van der Waals surface area contributed by atoms with E-state index in [0.717, 1.165) is 23.5 Å². The van der Waals surface area contributed by atoms with Gasteiger partial charge in [0.15, 0.2) is 0 Å². The average molecular weight is 292 g/mol. The Kier molecular flexibility index (Phi) is 5.46. The van der Waals surface area contributed by atoms with Crippen LogP contribution in [0.3, 0.4) is 0 Å². The van der Waals surface area contributed by atoms with Gasteiger partial charge in [0.2, 0.25) is 0 Å². The summed E-state index contributed by atoms with van der Waals surface area (Å²) in [5, 5.41) is 0.672. The molecule has 1 aromatic carbocycles. The Bertz CT molecular complexity index is 552. The van der Waals surface area contributed by atoms with Crippen LogP contribution in [-0.2, 0) is 13.5 Å². The molecule has 0 aliphatic heterocycles.